The van der Waals surface area contributed by atoms with Crippen LogP contribution >= 0.6 is 0 Å². The van der Waals surface area contributed by atoms with Gasteiger partial charge in [-0.25, -0.2) is 0 Å². The van der Waals surface area contributed by atoms with E-state index in [0.717, 1.165) is 12.0 Å². The third-order valence-corrected chi connectivity index (χ3v) is 4.67. The van der Waals surface area contributed by atoms with Gasteiger partial charge in [-0.2, -0.15) is 0 Å². The highest BCUT2D eigenvalue weighted by molar-refractivity contribution is 5.27. The molecule has 98 valence electrons. The van der Waals surface area contributed by atoms with Gasteiger partial charge in [0.05, 0.1) is 0 Å². The zero-order valence-corrected chi connectivity index (χ0v) is 11.3. The van der Waals surface area contributed by atoms with Crippen LogP contribution in [0.15, 0.2) is 24.3 Å². The lowest BCUT2D eigenvalue weighted by Gasteiger charge is -2.23. The van der Waals surface area contributed by atoms with Crippen molar-refractivity contribution in [2.24, 2.45) is 0 Å². The molecule has 1 aromatic carbocycles. The van der Waals surface area contributed by atoms with Gasteiger partial charge >= 0.3 is 0 Å². The summed E-state index contributed by atoms with van der Waals surface area (Å²) in [6, 6.07) is 10.1. The van der Waals surface area contributed by atoms with E-state index in [-0.39, 0.29) is 0 Å². The van der Waals surface area contributed by atoms with Gasteiger partial charge < -0.3 is 5.32 Å². The molecule has 3 rings (SSSR count). The molecule has 1 unspecified atom stereocenters. The fourth-order valence-electron chi connectivity index (χ4n) is 3.62. The summed E-state index contributed by atoms with van der Waals surface area (Å²) in [5.41, 5.74) is 3.14. The Bertz CT molecular complexity index is 373. The van der Waals surface area contributed by atoms with Crippen molar-refractivity contribution in [2.75, 3.05) is 6.54 Å². The third-order valence-electron chi connectivity index (χ3n) is 4.67. The van der Waals surface area contributed by atoms with Crippen molar-refractivity contribution in [1.29, 1.82) is 0 Å². The molecule has 0 spiro atoms. The van der Waals surface area contributed by atoms with Gasteiger partial charge in [0.2, 0.25) is 0 Å². The predicted molar refractivity (Wildman–Crippen MR) is 77.0 cm³/mol. The maximum atomic E-state index is 3.66. The Morgan fingerprint density at radius 3 is 2.61 bits per heavy atom. The monoisotopic (exact) mass is 243 g/mol. The van der Waals surface area contributed by atoms with E-state index < -0.39 is 0 Å². The first-order valence-corrected chi connectivity index (χ1v) is 7.74. The quantitative estimate of drug-likeness (QED) is 0.845. The van der Waals surface area contributed by atoms with Crippen LogP contribution < -0.4 is 5.32 Å². The smallest absolute Gasteiger partial charge is 0.0107 e. The Kier molecular flexibility index (Phi) is 3.99. The van der Waals surface area contributed by atoms with Crippen LogP contribution in [-0.4, -0.2) is 12.6 Å². The van der Waals surface area contributed by atoms with Crippen molar-refractivity contribution in [1.82, 2.24) is 5.32 Å². The SMILES string of the molecule is c1cc(CC2CCCCN2)cc(C2CCCC2)c1. The maximum Gasteiger partial charge on any atom is 0.0107 e. The molecule has 1 atom stereocenters. The summed E-state index contributed by atoms with van der Waals surface area (Å²) in [5.74, 6) is 0.851. The van der Waals surface area contributed by atoms with Gasteiger partial charge in [0.15, 0.2) is 0 Å². The number of benzene rings is 1. The Morgan fingerprint density at radius 2 is 1.83 bits per heavy atom. The van der Waals surface area contributed by atoms with Crippen LogP contribution in [0.1, 0.15) is 62.0 Å². The van der Waals surface area contributed by atoms with Crippen molar-refractivity contribution in [2.45, 2.75) is 63.3 Å². The highest BCUT2D eigenvalue weighted by Gasteiger charge is 2.18. The van der Waals surface area contributed by atoms with Gasteiger partial charge in [0.1, 0.15) is 0 Å². The molecule has 2 fully saturated rings. The Hall–Kier alpha value is -0.820. The van der Waals surface area contributed by atoms with Gasteiger partial charge in [0.25, 0.3) is 0 Å². The van der Waals surface area contributed by atoms with Crippen molar-refractivity contribution < 1.29 is 0 Å². The fraction of sp³-hybridized carbons (Fsp3) is 0.647. The van der Waals surface area contributed by atoms with Gasteiger partial charge in [-0.1, -0.05) is 43.5 Å². The Labute approximate surface area is 111 Å². The van der Waals surface area contributed by atoms with Crippen LogP contribution in [0.2, 0.25) is 0 Å². The number of hydrogen-bond donors (Lipinski definition) is 1. The molecule has 1 saturated heterocycles. The van der Waals surface area contributed by atoms with Crippen LogP contribution in [0.4, 0.5) is 0 Å². The van der Waals surface area contributed by atoms with E-state index in [2.05, 4.69) is 29.6 Å². The van der Waals surface area contributed by atoms with Crippen LogP contribution in [0.3, 0.4) is 0 Å². The molecular weight excluding hydrogens is 218 g/mol. The Balaban J connectivity index is 1.66. The predicted octanol–water partition coefficient (Wildman–Crippen LogP) is 4.03. The molecule has 1 aliphatic carbocycles. The van der Waals surface area contributed by atoms with Crippen LogP contribution in [0, 0.1) is 0 Å². The van der Waals surface area contributed by atoms with E-state index in [0.29, 0.717) is 0 Å². The van der Waals surface area contributed by atoms with Crippen LogP contribution in [-0.2, 0) is 6.42 Å². The summed E-state index contributed by atoms with van der Waals surface area (Å²) in [6.07, 6.45) is 11.0. The number of nitrogens with one attached hydrogen (secondary N) is 1. The van der Waals surface area contributed by atoms with E-state index in [1.165, 1.54) is 57.9 Å². The average molecular weight is 243 g/mol. The molecule has 1 aliphatic heterocycles. The second kappa shape index (κ2) is 5.88. The standard InChI is InChI=1S/C17H25N/c1-2-8-15(7-1)16-9-5-6-14(12-16)13-17-10-3-4-11-18-17/h5-6,9,12,15,17-18H,1-4,7-8,10-11,13H2. The summed E-state index contributed by atoms with van der Waals surface area (Å²) >= 11 is 0. The van der Waals surface area contributed by atoms with Gasteiger partial charge in [-0.3, -0.25) is 0 Å². The third kappa shape index (κ3) is 2.95. The summed E-state index contributed by atoms with van der Waals surface area (Å²) < 4.78 is 0. The van der Waals surface area contributed by atoms with Gasteiger partial charge in [-0.15, -0.1) is 0 Å². The van der Waals surface area contributed by atoms with E-state index in [9.17, 15) is 0 Å². The minimum atomic E-state index is 0.720. The number of rotatable bonds is 3. The average Bonchev–Trinajstić information content (AvgIpc) is 2.94. The summed E-state index contributed by atoms with van der Waals surface area (Å²) in [6.45, 7) is 1.22. The van der Waals surface area contributed by atoms with Crippen molar-refractivity contribution >= 4 is 0 Å². The first-order chi connectivity index (χ1) is 8.92. The summed E-state index contributed by atoms with van der Waals surface area (Å²) in [5, 5.41) is 3.66. The van der Waals surface area contributed by atoms with E-state index in [4.69, 9.17) is 0 Å². The second-order valence-corrected chi connectivity index (χ2v) is 6.08. The molecule has 1 heteroatoms. The van der Waals surface area contributed by atoms with Crippen LogP contribution in [0.5, 0.6) is 0 Å². The topological polar surface area (TPSA) is 12.0 Å². The fourth-order valence-corrected chi connectivity index (χ4v) is 3.62. The first kappa shape index (κ1) is 12.2. The minimum Gasteiger partial charge on any atom is -0.314 e. The lowest BCUT2D eigenvalue weighted by molar-refractivity contribution is 0.399. The summed E-state index contributed by atoms with van der Waals surface area (Å²) in [4.78, 5) is 0. The molecule has 1 N–H and O–H groups in total. The van der Waals surface area contributed by atoms with Crippen LogP contribution in [0.25, 0.3) is 0 Å². The highest BCUT2D eigenvalue weighted by Crippen LogP contribution is 2.34. The zero-order valence-electron chi connectivity index (χ0n) is 11.3. The second-order valence-electron chi connectivity index (χ2n) is 6.08. The molecule has 2 aliphatic rings. The minimum absolute atomic E-state index is 0.720. The maximum absolute atomic E-state index is 3.66. The lowest BCUT2D eigenvalue weighted by atomic mass is 9.92. The summed E-state index contributed by atoms with van der Waals surface area (Å²) in [7, 11) is 0. The molecule has 0 bridgehead atoms. The highest BCUT2D eigenvalue weighted by atomic mass is 14.9. The first-order valence-electron chi connectivity index (χ1n) is 7.74. The molecule has 18 heavy (non-hydrogen) atoms. The molecular formula is C17H25N. The number of piperidine rings is 1. The number of hydrogen-bond acceptors (Lipinski definition) is 1. The van der Waals surface area contributed by atoms with Crippen molar-refractivity contribution in [3.8, 4) is 0 Å². The molecule has 0 amide bonds. The zero-order chi connectivity index (χ0) is 12.2. The van der Waals surface area contributed by atoms with Crippen molar-refractivity contribution in [3.05, 3.63) is 35.4 Å². The Morgan fingerprint density at radius 1 is 1.00 bits per heavy atom. The molecule has 1 heterocycles. The van der Waals surface area contributed by atoms with E-state index in [1.54, 1.807) is 11.1 Å². The van der Waals surface area contributed by atoms with E-state index in [1.807, 2.05) is 0 Å². The van der Waals surface area contributed by atoms with Gasteiger partial charge in [-0.05, 0) is 55.7 Å². The molecule has 1 nitrogen and oxygen atoms in total. The van der Waals surface area contributed by atoms with Crippen molar-refractivity contribution in [3.63, 3.8) is 0 Å². The molecule has 1 aromatic rings. The van der Waals surface area contributed by atoms with E-state index >= 15 is 0 Å². The molecule has 1 saturated carbocycles. The van der Waals surface area contributed by atoms with Gasteiger partial charge in [0, 0.05) is 6.04 Å². The molecule has 0 aromatic heterocycles. The lowest BCUT2D eigenvalue weighted by Crippen LogP contribution is -2.35. The normalized spacial score (nSPS) is 25.4. The molecule has 0 radical (unpaired) electrons. The largest absolute Gasteiger partial charge is 0.314 e.